The molecule has 5 heteroatoms. The number of halogens is 1. The first-order valence-electron chi connectivity index (χ1n) is 5.21. The van der Waals surface area contributed by atoms with E-state index in [2.05, 4.69) is 4.98 Å². The first-order chi connectivity index (χ1) is 7.67. The number of nitrogens with zero attached hydrogens (tertiary/aromatic N) is 1. The lowest BCUT2D eigenvalue weighted by molar-refractivity contribution is -0.129. The van der Waals surface area contributed by atoms with Gasteiger partial charge in [-0.05, 0) is 25.0 Å². The summed E-state index contributed by atoms with van der Waals surface area (Å²) in [6.07, 6.45) is 2.80. The number of carbonyl (C=O) groups excluding carboxylic acids is 1. The van der Waals surface area contributed by atoms with Crippen molar-refractivity contribution in [2.24, 2.45) is 0 Å². The zero-order valence-electron chi connectivity index (χ0n) is 9.11. The number of aromatic nitrogens is 1. The van der Waals surface area contributed by atoms with Crippen LogP contribution in [0.2, 0.25) is 0 Å². The number of nitrogens with one attached hydrogen (secondary N) is 1. The van der Waals surface area contributed by atoms with Crippen molar-refractivity contribution in [2.75, 3.05) is 0 Å². The van der Waals surface area contributed by atoms with Crippen molar-refractivity contribution in [1.82, 2.24) is 10.5 Å². The molecule has 2 N–H and O–H groups in total. The minimum Gasteiger partial charge on any atom is -0.289 e. The monoisotopic (exact) mass is 226 g/mol. The Balaban J connectivity index is 2.60. The molecule has 0 spiro atoms. The molecule has 0 saturated heterocycles. The molecule has 1 aromatic heterocycles. The summed E-state index contributed by atoms with van der Waals surface area (Å²) in [6, 6.07) is 2.98. The SMILES string of the molecule is CCC(CCC(=O)NO)c1ccc(F)cn1. The van der Waals surface area contributed by atoms with Gasteiger partial charge in [0.15, 0.2) is 0 Å². The molecule has 16 heavy (non-hydrogen) atoms. The van der Waals surface area contributed by atoms with Crippen molar-refractivity contribution >= 4 is 5.91 Å². The van der Waals surface area contributed by atoms with Crippen molar-refractivity contribution in [1.29, 1.82) is 0 Å². The molecule has 1 rings (SSSR count). The highest BCUT2D eigenvalue weighted by atomic mass is 19.1. The van der Waals surface area contributed by atoms with Gasteiger partial charge in [0.25, 0.3) is 0 Å². The molecular formula is C11H15FN2O2. The van der Waals surface area contributed by atoms with Crippen molar-refractivity contribution in [2.45, 2.75) is 32.1 Å². The molecule has 0 saturated carbocycles. The molecule has 1 amide bonds. The summed E-state index contributed by atoms with van der Waals surface area (Å²) in [5, 5.41) is 8.36. The van der Waals surface area contributed by atoms with Gasteiger partial charge in [-0.25, -0.2) is 9.87 Å². The molecule has 1 aromatic rings. The predicted molar refractivity (Wildman–Crippen MR) is 56.4 cm³/mol. The third kappa shape index (κ3) is 3.58. The Kier molecular flexibility index (Phi) is 4.85. The molecule has 0 aromatic carbocycles. The van der Waals surface area contributed by atoms with Crippen molar-refractivity contribution in [3.63, 3.8) is 0 Å². The molecule has 0 fully saturated rings. The van der Waals surface area contributed by atoms with Crippen LogP contribution in [-0.2, 0) is 4.79 Å². The molecule has 0 aliphatic rings. The maximum atomic E-state index is 12.7. The van der Waals surface area contributed by atoms with Gasteiger partial charge in [-0.15, -0.1) is 0 Å². The standard InChI is InChI=1S/C11H15FN2O2/c1-2-8(3-6-11(15)14-16)10-5-4-9(12)7-13-10/h4-5,7-8,16H,2-3,6H2,1H3,(H,14,15). The fraction of sp³-hybridized carbons (Fsp3) is 0.455. The zero-order valence-corrected chi connectivity index (χ0v) is 9.11. The Morgan fingerprint density at radius 3 is 2.88 bits per heavy atom. The number of hydroxylamine groups is 1. The van der Waals surface area contributed by atoms with Crippen LogP contribution in [0.5, 0.6) is 0 Å². The number of hydrogen-bond acceptors (Lipinski definition) is 3. The molecule has 0 aliphatic carbocycles. The van der Waals surface area contributed by atoms with Gasteiger partial charge in [-0.1, -0.05) is 6.92 Å². The number of rotatable bonds is 5. The maximum Gasteiger partial charge on any atom is 0.243 e. The number of pyridine rings is 1. The van der Waals surface area contributed by atoms with E-state index in [4.69, 9.17) is 5.21 Å². The smallest absolute Gasteiger partial charge is 0.243 e. The highest BCUT2D eigenvalue weighted by molar-refractivity contribution is 5.74. The van der Waals surface area contributed by atoms with E-state index in [-0.39, 0.29) is 18.2 Å². The lowest BCUT2D eigenvalue weighted by Gasteiger charge is -2.13. The van der Waals surface area contributed by atoms with E-state index in [1.54, 1.807) is 11.5 Å². The van der Waals surface area contributed by atoms with Crippen LogP contribution in [0.4, 0.5) is 4.39 Å². The van der Waals surface area contributed by atoms with Crippen LogP contribution in [0.25, 0.3) is 0 Å². The Morgan fingerprint density at radius 2 is 2.38 bits per heavy atom. The lowest BCUT2D eigenvalue weighted by Crippen LogP contribution is -2.19. The van der Waals surface area contributed by atoms with Gasteiger partial charge >= 0.3 is 0 Å². The van der Waals surface area contributed by atoms with Crippen molar-refractivity contribution < 1.29 is 14.4 Å². The molecule has 1 heterocycles. The fourth-order valence-electron chi connectivity index (χ4n) is 1.55. The summed E-state index contributed by atoms with van der Waals surface area (Å²) < 4.78 is 12.7. The highest BCUT2D eigenvalue weighted by Gasteiger charge is 2.12. The van der Waals surface area contributed by atoms with Crippen LogP contribution in [0, 0.1) is 5.82 Å². The molecule has 0 radical (unpaired) electrons. The van der Waals surface area contributed by atoms with E-state index in [0.29, 0.717) is 6.42 Å². The van der Waals surface area contributed by atoms with E-state index in [0.717, 1.165) is 12.1 Å². The summed E-state index contributed by atoms with van der Waals surface area (Å²) in [6.45, 7) is 1.98. The normalized spacial score (nSPS) is 12.2. The maximum absolute atomic E-state index is 12.7. The van der Waals surface area contributed by atoms with E-state index in [9.17, 15) is 9.18 Å². The molecule has 0 bridgehead atoms. The van der Waals surface area contributed by atoms with E-state index in [1.165, 1.54) is 12.3 Å². The second-order valence-electron chi connectivity index (χ2n) is 3.58. The Bertz CT molecular complexity index is 340. The molecular weight excluding hydrogens is 211 g/mol. The third-order valence-electron chi connectivity index (χ3n) is 2.51. The zero-order chi connectivity index (χ0) is 12.0. The molecule has 88 valence electrons. The van der Waals surface area contributed by atoms with Crippen LogP contribution in [-0.4, -0.2) is 16.1 Å². The van der Waals surface area contributed by atoms with Gasteiger partial charge in [-0.3, -0.25) is 15.0 Å². The van der Waals surface area contributed by atoms with Crippen molar-refractivity contribution in [3.8, 4) is 0 Å². The van der Waals surface area contributed by atoms with Gasteiger partial charge in [0.2, 0.25) is 5.91 Å². The predicted octanol–water partition coefficient (Wildman–Crippen LogP) is 2.00. The Hall–Kier alpha value is -1.49. The van der Waals surface area contributed by atoms with Crippen LogP contribution >= 0.6 is 0 Å². The first kappa shape index (κ1) is 12.6. The Labute approximate surface area is 93.5 Å². The highest BCUT2D eigenvalue weighted by Crippen LogP contribution is 2.22. The molecule has 1 unspecified atom stereocenters. The fourth-order valence-corrected chi connectivity index (χ4v) is 1.55. The molecule has 4 nitrogen and oxygen atoms in total. The van der Waals surface area contributed by atoms with Gasteiger partial charge < -0.3 is 0 Å². The third-order valence-corrected chi connectivity index (χ3v) is 2.51. The minimum absolute atomic E-state index is 0.109. The van der Waals surface area contributed by atoms with E-state index >= 15 is 0 Å². The van der Waals surface area contributed by atoms with Gasteiger partial charge in [0.1, 0.15) is 5.82 Å². The lowest BCUT2D eigenvalue weighted by atomic mass is 9.96. The van der Waals surface area contributed by atoms with Crippen molar-refractivity contribution in [3.05, 3.63) is 29.8 Å². The Morgan fingerprint density at radius 1 is 1.62 bits per heavy atom. The second kappa shape index (κ2) is 6.17. The largest absolute Gasteiger partial charge is 0.289 e. The van der Waals surface area contributed by atoms with Crippen LogP contribution in [0.1, 0.15) is 37.8 Å². The van der Waals surface area contributed by atoms with Gasteiger partial charge in [-0.2, -0.15) is 0 Å². The number of carbonyl (C=O) groups is 1. The summed E-state index contributed by atoms with van der Waals surface area (Å²) >= 11 is 0. The average molecular weight is 226 g/mol. The van der Waals surface area contributed by atoms with Crippen LogP contribution in [0.15, 0.2) is 18.3 Å². The quantitative estimate of drug-likeness (QED) is 0.596. The van der Waals surface area contributed by atoms with Crippen LogP contribution < -0.4 is 5.48 Å². The van der Waals surface area contributed by atoms with Crippen LogP contribution in [0.3, 0.4) is 0 Å². The summed E-state index contributed by atoms with van der Waals surface area (Å²) in [5.41, 5.74) is 2.36. The average Bonchev–Trinajstić information content (AvgIpc) is 2.31. The topological polar surface area (TPSA) is 62.2 Å². The van der Waals surface area contributed by atoms with Gasteiger partial charge in [0.05, 0.1) is 6.20 Å². The number of hydrogen-bond donors (Lipinski definition) is 2. The molecule has 1 atom stereocenters. The van der Waals surface area contributed by atoms with Gasteiger partial charge in [0, 0.05) is 18.0 Å². The first-order valence-corrected chi connectivity index (χ1v) is 5.21. The second-order valence-corrected chi connectivity index (χ2v) is 3.58. The summed E-state index contributed by atoms with van der Waals surface area (Å²) in [7, 11) is 0. The molecule has 0 aliphatic heterocycles. The van der Waals surface area contributed by atoms with E-state index < -0.39 is 5.91 Å². The van der Waals surface area contributed by atoms with E-state index in [1.807, 2.05) is 6.92 Å². The summed E-state index contributed by atoms with van der Waals surface area (Å²) in [4.78, 5) is 14.9. The summed E-state index contributed by atoms with van der Waals surface area (Å²) in [5.74, 6) is -0.676. The number of amides is 1. The minimum atomic E-state index is -0.416.